The average molecular weight is 747 g/mol. The van der Waals surface area contributed by atoms with Crippen molar-refractivity contribution < 1.29 is 39.5 Å². The van der Waals surface area contributed by atoms with Gasteiger partial charge in [-0.2, -0.15) is 0 Å². The highest BCUT2D eigenvalue weighted by Gasteiger charge is 2.45. The SMILES string of the molecule is O=C(COc1cccc(C(O)(C(=O)O)c2ccccc2)c1)N1C[C@@H]2CCN(C(=O)c3ccc(CCNCC(O)c4ccc(O)c5[nH]c(=O)ccc45)cc3)[C@@H]2C1. The quantitative estimate of drug-likeness (QED) is 0.0976. The number of carbonyl (C=O) groups excluding carboxylic acids is 2. The van der Waals surface area contributed by atoms with Crippen molar-refractivity contribution in [3.8, 4) is 11.5 Å². The van der Waals surface area contributed by atoms with Crippen LogP contribution in [0.4, 0.5) is 0 Å². The molecule has 2 saturated heterocycles. The number of amides is 2. The molecule has 4 atom stereocenters. The third kappa shape index (κ3) is 7.67. The van der Waals surface area contributed by atoms with Crippen LogP contribution in [-0.2, 0) is 21.6 Å². The van der Waals surface area contributed by atoms with Gasteiger partial charge in [-0.05, 0) is 72.5 Å². The molecule has 0 saturated carbocycles. The first-order valence-corrected chi connectivity index (χ1v) is 18.2. The zero-order valence-corrected chi connectivity index (χ0v) is 29.9. The zero-order valence-electron chi connectivity index (χ0n) is 29.9. The number of aliphatic hydroxyl groups is 2. The van der Waals surface area contributed by atoms with E-state index in [0.717, 1.165) is 12.0 Å². The summed E-state index contributed by atoms with van der Waals surface area (Å²) in [5, 5.41) is 45.9. The molecule has 0 bridgehead atoms. The Bertz CT molecular complexity index is 2260. The van der Waals surface area contributed by atoms with Crippen molar-refractivity contribution >= 4 is 28.7 Å². The number of carboxylic acids is 1. The van der Waals surface area contributed by atoms with Gasteiger partial charge in [-0.1, -0.05) is 60.7 Å². The van der Waals surface area contributed by atoms with Crippen LogP contribution < -0.4 is 15.6 Å². The number of hydrogen-bond donors (Lipinski definition) is 6. The maximum Gasteiger partial charge on any atom is 0.345 e. The van der Waals surface area contributed by atoms with E-state index in [4.69, 9.17) is 4.74 Å². The molecule has 13 nitrogen and oxygen atoms in total. The Morgan fingerprint density at radius 3 is 2.45 bits per heavy atom. The topological polar surface area (TPSA) is 193 Å². The minimum Gasteiger partial charge on any atom is -0.506 e. The molecule has 284 valence electrons. The number of pyridine rings is 1. The number of benzene rings is 4. The van der Waals surface area contributed by atoms with Crippen molar-refractivity contribution in [2.45, 2.75) is 30.6 Å². The largest absolute Gasteiger partial charge is 0.506 e. The predicted molar refractivity (Wildman–Crippen MR) is 203 cm³/mol. The molecule has 6 N–H and O–H groups in total. The molecule has 0 aliphatic carbocycles. The van der Waals surface area contributed by atoms with Crippen LogP contribution >= 0.6 is 0 Å². The highest BCUT2D eigenvalue weighted by molar-refractivity contribution is 5.95. The molecule has 2 unspecified atom stereocenters. The number of phenols is 1. The van der Waals surface area contributed by atoms with Crippen LogP contribution in [0.3, 0.4) is 0 Å². The summed E-state index contributed by atoms with van der Waals surface area (Å²) in [6.07, 6.45) is 0.582. The molecule has 1 aromatic heterocycles. The summed E-state index contributed by atoms with van der Waals surface area (Å²) in [4.78, 5) is 56.9. The molecule has 7 rings (SSSR count). The van der Waals surface area contributed by atoms with Gasteiger partial charge >= 0.3 is 5.97 Å². The lowest BCUT2D eigenvalue weighted by molar-refractivity contribution is -0.155. The van der Waals surface area contributed by atoms with E-state index < -0.39 is 17.7 Å². The number of fused-ring (bicyclic) bond motifs is 2. The van der Waals surface area contributed by atoms with Gasteiger partial charge in [-0.25, -0.2) is 4.79 Å². The molecule has 2 aliphatic rings. The lowest BCUT2D eigenvalue weighted by atomic mass is 9.86. The Balaban J connectivity index is 0.894. The van der Waals surface area contributed by atoms with Crippen LogP contribution in [0.2, 0.25) is 0 Å². The first-order chi connectivity index (χ1) is 26.5. The molecular weight excluding hydrogens is 704 g/mol. The van der Waals surface area contributed by atoms with Crippen molar-refractivity contribution in [2.24, 2.45) is 5.92 Å². The number of aromatic amines is 1. The lowest BCUT2D eigenvalue weighted by Gasteiger charge is -2.26. The summed E-state index contributed by atoms with van der Waals surface area (Å²) in [6.45, 7) is 2.06. The van der Waals surface area contributed by atoms with Gasteiger partial charge in [0.15, 0.2) is 6.61 Å². The maximum atomic E-state index is 13.6. The maximum absolute atomic E-state index is 13.6. The van der Waals surface area contributed by atoms with Gasteiger partial charge in [-0.3, -0.25) is 14.4 Å². The van der Waals surface area contributed by atoms with Crippen molar-refractivity contribution in [3.05, 3.63) is 141 Å². The third-order valence-electron chi connectivity index (χ3n) is 10.7. The number of hydrogen-bond acceptors (Lipinski definition) is 9. The van der Waals surface area contributed by atoms with Crippen molar-refractivity contribution in [2.75, 3.05) is 39.3 Å². The number of carboxylic acid groups (broad SMARTS) is 1. The number of aliphatic carboxylic acids is 1. The Morgan fingerprint density at radius 2 is 1.69 bits per heavy atom. The molecule has 13 heteroatoms. The molecule has 5 aromatic rings. The second-order valence-electron chi connectivity index (χ2n) is 14.1. The number of aliphatic hydroxyl groups excluding tert-OH is 1. The Hall–Kier alpha value is -6.02. The van der Waals surface area contributed by atoms with Crippen molar-refractivity contribution in [3.63, 3.8) is 0 Å². The summed E-state index contributed by atoms with van der Waals surface area (Å²) in [5.74, 6) is -1.44. The van der Waals surface area contributed by atoms with E-state index in [2.05, 4.69) is 10.3 Å². The lowest BCUT2D eigenvalue weighted by Crippen LogP contribution is -2.41. The summed E-state index contributed by atoms with van der Waals surface area (Å²) in [7, 11) is 0. The van der Waals surface area contributed by atoms with E-state index in [1.54, 1.807) is 47.4 Å². The fraction of sp³-hybridized carbons (Fsp3) is 0.286. The smallest absolute Gasteiger partial charge is 0.345 e. The molecule has 0 radical (unpaired) electrons. The van der Waals surface area contributed by atoms with E-state index in [1.807, 2.05) is 29.2 Å². The van der Waals surface area contributed by atoms with Gasteiger partial charge in [0.05, 0.1) is 17.7 Å². The number of aromatic hydroxyl groups is 1. The minimum absolute atomic E-state index is 0.0641. The van der Waals surface area contributed by atoms with Gasteiger partial charge in [0.25, 0.3) is 11.8 Å². The fourth-order valence-electron chi connectivity index (χ4n) is 7.67. The zero-order chi connectivity index (χ0) is 38.7. The molecular formula is C42H42N4O9. The Labute approximate surface area is 316 Å². The van der Waals surface area contributed by atoms with Gasteiger partial charge in [0.1, 0.15) is 11.5 Å². The molecule has 3 heterocycles. The molecule has 55 heavy (non-hydrogen) atoms. The van der Waals surface area contributed by atoms with E-state index in [9.17, 15) is 39.6 Å². The second kappa shape index (κ2) is 15.8. The normalized spacial score (nSPS) is 18.1. The summed E-state index contributed by atoms with van der Waals surface area (Å²) in [5.41, 5.74) is 0.106. The van der Waals surface area contributed by atoms with E-state index in [1.165, 1.54) is 36.4 Å². The van der Waals surface area contributed by atoms with Gasteiger partial charge < -0.3 is 45.3 Å². The van der Waals surface area contributed by atoms with Crippen molar-refractivity contribution in [1.29, 1.82) is 0 Å². The first-order valence-electron chi connectivity index (χ1n) is 18.2. The van der Waals surface area contributed by atoms with Crippen LogP contribution in [0.5, 0.6) is 11.5 Å². The minimum atomic E-state index is -2.30. The molecule has 0 spiro atoms. The number of nitrogens with one attached hydrogen (secondary N) is 2. The molecule has 2 aliphatic heterocycles. The van der Waals surface area contributed by atoms with Gasteiger partial charge in [0, 0.05) is 54.7 Å². The summed E-state index contributed by atoms with van der Waals surface area (Å²) >= 11 is 0. The second-order valence-corrected chi connectivity index (χ2v) is 14.1. The number of nitrogens with zero attached hydrogens (tertiary/aromatic N) is 2. The highest BCUT2D eigenvalue weighted by Crippen LogP contribution is 2.34. The predicted octanol–water partition coefficient (Wildman–Crippen LogP) is 3.17. The Kier molecular flexibility index (Phi) is 10.7. The van der Waals surface area contributed by atoms with Crippen LogP contribution in [0.25, 0.3) is 10.9 Å². The third-order valence-corrected chi connectivity index (χ3v) is 10.7. The number of phenolic OH excluding ortho intramolecular Hbond substituents is 1. The molecule has 2 amide bonds. The van der Waals surface area contributed by atoms with Crippen LogP contribution in [-0.4, -0.2) is 98.4 Å². The fourth-order valence-corrected chi connectivity index (χ4v) is 7.67. The van der Waals surface area contributed by atoms with Gasteiger partial charge in [0.2, 0.25) is 11.2 Å². The summed E-state index contributed by atoms with van der Waals surface area (Å²) in [6, 6.07) is 27.5. The number of likely N-dealkylation sites (tertiary alicyclic amines) is 2. The number of rotatable bonds is 13. The van der Waals surface area contributed by atoms with Crippen LogP contribution in [0.15, 0.2) is 108 Å². The highest BCUT2D eigenvalue weighted by atomic mass is 16.5. The van der Waals surface area contributed by atoms with E-state index in [0.29, 0.717) is 49.1 Å². The number of H-pyrrole nitrogens is 1. The molecule has 4 aromatic carbocycles. The average Bonchev–Trinajstić information content (AvgIpc) is 3.81. The van der Waals surface area contributed by atoms with Crippen LogP contribution in [0, 0.1) is 5.92 Å². The summed E-state index contributed by atoms with van der Waals surface area (Å²) < 4.78 is 5.79. The van der Waals surface area contributed by atoms with E-state index in [-0.39, 0.29) is 70.6 Å². The van der Waals surface area contributed by atoms with Crippen LogP contribution in [0.1, 0.15) is 45.1 Å². The standard InChI is InChI=1S/C42H42N4O9/c47-35-15-13-32(33-14-16-37(49)44-39(33)35)36(48)22-43-19-17-26-9-11-27(12-10-26)40(51)46-20-18-28-23-45(24-34(28)46)38(50)25-55-31-8-4-7-30(21-31)42(54,41(52)53)29-5-2-1-3-6-29/h1-16,21,28,34,36,43,47-48,54H,17-20,22-25H2,(H,44,49)(H,52,53)/t28-,34+,36?,42?/m0/s1. The Morgan fingerprint density at radius 1 is 0.927 bits per heavy atom. The monoisotopic (exact) mass is 746 g/mol. The number of carbonyl (C=O) groups is 3. The van der Waals surface area contributed by atoms with Crippen molar-refractivity contribution in [1.82, 2.24) is 20.1 Å². The number of aromatic nitrogens is 1. The first kappa shape index (κ1) is 37.3. The van der Waals surface area contributed by atoms with Gasteiger partial charge in [-0.15, -0.1) is 0 Å². The van der Waals surface area contributed by atoms with E-state index >= 15 is 0 Å². The molecule has 2 fully saturated rings. The number of ether oxygens (including phenoxy) is 1.